The molecule has 0 spiro atoms. The Bertz CT molecular complexity index is 1500. The molecule has 0 aromatic heterocycles. The molecule has 2 aromatic rings. The van der Waals surface area contributed by atoms with E-state index in [4.69, 9.17) is 8.85 Å². The third-order valence-corrected chi connectivity index (χ3v) is 26.6. The molecule has 0 bridgehead atoms. The third kappa shape index (κ3) is 8.91. The van der Waals surface area contributed by atoms with Crippen LogP contribution in [0.4, 0.5) is 0 Å². The Morgan fingerprint density at radius 2 is 1.29 bits per heavy atom. The zero-order valence-electron chi connectivity index (χ0n) is 34.4. The highest BCUT2D eigenvalue weighted by Gasteiger charge is 2.52. The molecule has 3 nitrogen and oxygen atoms in total. The van der Waals surface area contributed by atoms with E-state index in [2.05, 4.69) is 118 Å². The lowest BCUT2D eigenvalue weighted by Gasteiger charge is -2.45. The number of rotatable bonds is 10. The second-order valence-corrected chi connectivity index (χ2v) is 32.3. The van der Waals surface area contributed by atoms with Crippen molar-refractivity contribution >= 4 is 34.4 Å². The molecule has 0 N–H and O–H groups in total. The molecule has 2 aromatic carbocycles. The number of fused-ring (bicyclic) bond motifs is 1. The largest absolute Gasteiger partial charge is 0.414 e. The van der Waals surface area contributed by atoms with Gasteiger partial charge in [-0.2, -0.15) is 0 Å². The van der Waals surface area contributed by atoms with E-state index in [1.54, 1.807) is 5.57 Å². The molecular weight excluding hydrogens is 676 g/mol. The van der Waals surface area contributed by atoms with Crippen LogP contribution in [0.15, 0.2) is 84.0 Å². The Kier molecular flexibility index (Phi) is 12.2. The van der Waals surface area contributed by atoms with Crippen LogP contribution in [-0.4, -0.2) is 35.0 Å². The molecule has 282 valence electrons. The number of hydrogen-bond donors (Lipinski definition) is 0. The van der Waals surface area contributed by atoms with Gasteiger partial charge in [0.2, 0.25) is 0 Å². The van der Waals surface area contributed by atoms with E-state index in [0.29, 0.717) is 17.8 Å². The summed E-state index contributed by atoms with van der Waals surface area (Å²) in [5.74, 6) is 1.55. The van der Waals surface area contributed by atoms with Gasteiger partial charge in [0, 0.05) is 16.8 Å². The van der Waals surface area contributed by atoms with E-state index < -0.39 is 23.8 Å². The first-order valence-electron chi connectivity index (χ1n) is 20.1. The molecule has 2 unspecified atom stereocenters. The summed E-state index contributed by atoms with van der Waals surface area (Å²) in [6.45, 7) is 28.7. The quantitative estimate of drug-likeness (QED) is 0.179. The van der Waals surface area contributed by atoms with Crippen molar-refractivity contribution in [1.29, 1.82) is 0 Å². The third-order valence-electron chi connectivity index (χ3n) is 14.2. The topological polar surface area (TPSA) is 35.5 Å². The van der Waals surface area contributed by atoms with Crippen LogP contribution in [0.25, 0.3) is 0 Å². The lowest BCUT2D eigenvalue weighted by atomic mass is 9.61. The Morgan fingerprint density at radius 1 is 0.804 bits per heavy atom. The monoisotopic (exact) mass is 746 g/mol. The van der Waals surface area contributed by atoms with Gasteiger partial charge in [-0.3, -0.25) is 0 Å². The van der Waals surface area contributed by atoms with Gasteiger partial charge in [0.25, 0.3) is 0 Å². The standard InChI is InChI=1S/C45H71O3PSi2/c1-34(33-49(46,39-21-15-13-16-22-39)40-23-17-14-18-24-40)41-27-28-42-36(20-19-29-45(41,42)8)26-25-35-30-37(47-50(9,10)43(2,3)4)32-38(31-35)48-51(11,12)44(5,6)7/h13-18,21-26,34,37-38,41-42H,19-20,27-33H2,1-12H3/b36-26+/t34-,37-,38-,41?,42?,45-/m1/s1. The minimum Gasteiger partial charge on any atom is -0.414 e. The van der Waals surface area contributed by atoms with Crippen LogP contribution in [0.1, 0.15) is 107 Å². The highest BCUT2D eigenvalue weighted by Crippen LogP contribution is 2.61. The Balaban J connectivity index is 1.38. The smallest absolute Gasteiger partial charge is 0.192 e. The van der Waals surface area contributed by atoms with Crippen LogP contribution in [0, 0.1) is 23.2 Å². The molecule has 3 aliphatic carbocycles. The molecule has 0 heterocycles. The summed E-state index contributed by atoms with van der Waals surface area (Å²) >= 11 is 0. The SMILES string of the molecule is C[C@H](CP(=O)(c1ccccc1)c1ccccc1)C1CCC2/C(=C/C=C3C[C@@H](O[Si](C)(C)C(C)(C)C)C[C@H](O[Si](C)(C)C(C)(C)C)C3)CCC[C@@]21C. The number of allylic oxidation sites excluding steroid dienone is 3. The Morgan fingerprint density at radius 3 is 1.76 bits per heavy atom. The minimum absolute atomic E-state index is 0.185. The summed E-state index contributed by atoms with van der Waals surface area (Å²) in [7, 11) is -6.59. The van der Waals surface area contributed by atoms with Crippen molar-refractivity contribution in [3.05, 3.63) is 84.0 Å². The molecule has 0 aliphatic heterocycles. The molecule has 51 heavy (non-hydrogen) atoms. The zero-order chi connectivity index (χ0) is 37.5. The van der Waals surface area contributed by atoms with Gasteiger partial charge >= 0.3 is 0 Å². The maximum atomic E-state index is 15.1. The fourth-order valence-electron chi connectivity index (χ4n) is 9.30. The van der Waals surface area contributed by atoms with E-state index in [1.807, 2.05) is 36.4 Å². The summed E-state index contributed by atoms with van der Waals surface area (Å²) in [4.78, 5) is 0. The van der Waals surface area contributed by atoms with Crippen LogP contribution in [0.3, 0.4) is 0 Å². The first kappa shape index (κ1) is 40.7. The van der Waals surface area contributed by atoms with Crippen LogP contribution in [0.2, 0.25) is 36.3 Å². The fourth-order valence-corrected chi connectivity index (χ4v) is 15.1. The molecule has 5 rings (SSSR count). The van der Waals surface area contributed by atoms with Gasteiger partial charge in [-0.15, -0.1) is 0 Å². The number of benzene rings is 2. The van der Waals surface area contributed by atoms with E-state index in [-0.39, 0.29) is 27.7 Å². The molecule has 0 saturated heterocycles. The summed E-state index contributed by atoms with van der Waals surface area (Å²) in [5.41, 5.74) is 3.40. The molecule has 3 aliphatic rings. The van der Waals surface area contributed by atoms with Gasteiger partial charge < -0.3 is 13.4 Å². The van der Waals surface area contributed by atoms with Crippen LogP contribution in [-0.2, 0) is 13.4 Å². The summed E-state index contributed by atoms with van der Waals surface area (Å²) < 4.78 is 29.3. The average Bonchev–Trinajstić information content (AvgIpc) is 3.40. The molecule has 3 fully saturated rings. The lowest BCUT2D eigenvalue weighted by molar-refractivity contribution is 0.0725. The second kappa shape index (κ2) is 15.3. The zero-order valence-corrected chi connectivity index (χ0v) is 37.2. The first-order valence-corrected chi connectivity index (χ1v) is 27.8. The second-order valence-electron chi connectivity index (χ2n) is 19.9. The molecular formula is C45H71O3PSi2. The van der Waals surface area contributed by atoms with Crippen molar-refractivity contribution in [2.45, 2.75) is 155 Å². The normalized spacial score (nSPS) is 28.1. The summed E-state index contributed by atoms with van der Waals surface area (Å²) in [6, 6.07) is 20.6. The highest BCUT2D eigenvalue weighted by atomic mass is 31.2. The van der Waals surface area contributed by atoms with E-state index in [0.717, 1.165) is 36.0 Å². The van der Waals surface area contributed by atoms with Gasteiger partial charge in [0.1, 0.15) is 7.14 Å². The highest BCUT2D eigenvalue weighted by molar-refractivity contribution is 7.78. The van der Waals surface area contributed by atoms with Crippen LogP contribution >= 0.6 is 7.14 Å². The van der Waals surface area contributed by atoms with E-state index >= 15 is 4.57 Å². The predicted octanol–water partition coefficient (Wildman–Crippen LogP) is 12.7. The lowest BCUT2D eigenvalue weighted by Crippen LogP contribution is -2.48. The Labute approximate surface area is 315 Å². The van der Waals surface area contributed by atoms with Gasteiger partial charge in [0.15, 0.2) is 16.6 Å². The van der Waals surface area contributed by atoms with Gasteiger partial charge in [-0.1, -0.05) is 139 Å². The van der Waals surface area contributed by atoms with Crippen molar-refractivity contribution in [3.8, 4) is 0 Å². The average molecular weight is 747 g/mol. The van der Waals surface area contributed by atoms with Crippen molar-refractivity contribution in [2.75, 3.05) is 6.16 Å². The van der Waals surface area contributed by atoms with Crippen molar-refractivity contribution < 1.29 is 13.4 Å². The molecule has 6 heteroatoms. The van der Waals surface area contributed by atoms with Crippen molar-refractivity contribution in [2.24, 2.45) is 23.2 Å². The van der Waals surface area contributed by atoms with Crippen LogP contribution < -0.4 is 10.6 Å². The van der Waals surface area contributed by atoms with Crippen molar-refractivity contribution in [1.82, 2.24) is 0 Å². The van der Waals surface area contributed by atoms with Gasteiger partial charge in [-0.25, -0.2) is 0 Å². The van der Waals surface area contributed by atoms with Crippen molar-refractivity contribution in [3.63, 3.8) is 0 Å². The molecule has 0 amide bonds. The molecule has 6 atom stereocenters. The predicted molar refractivity (Wildman–Crippen MR) is 226 cm³/mol. The first-order chi connectivity index (χ1) is 23.7. The van der Waals surface area contributed by atoms with Crippen LogP contribution in [0.5, 0.6) is 0 Å². The Hall–Kier alpha value is -1.50. The van der Waals surface area contributed by atoms with Gasteiger partial charge in [-0.05, 0) is 111 Å². The maximum absolute atomic E-state index is 15.1. The van der Waals surface area contributed by atoms with Gasteiger partial charge in [0.05, 0.1) is 12.2 Å². The molecule has 3 saturated carbocycles. The fraction of sp³-hybridized carbons (Fsp3) is 0.644. The number of hydrogen-bond acceptors (Lipinski definition) is 3. The minimum atomic E-state index is -2.76. The summed E-state index contributed by atoms with van der Waals surface area (Å²) in [6.07, 6.45) is 15.4. The van der Waals surface area contributed by atoms with E-state index in [1.165, 1.54) is 37.7 Å². The summed E-state index contributed by atoms with van der Waals surface area (Å²) in [5, 5.41) is 2.37. The molecule has 0 radical (unpaired) electrons. The maximum Gasteiger partial charge on any atom is 0.192 e. The van der Waals surface area contributed by atoms with E-state index in [9.17, 15) is 0 Å².